The molecular formula is C15H13F2N3O2. The van der Waals surface area contributed by atoms with E-state index in [4.69, 9.17) is 0 Å². The van der Waals surface area contributed by atoms with Gasteiger partial charge in [-0.25, -0.2) is 5.43 Å². The predicted molar refractivity (Wildman–Crippen MR) is 77.0 cm³/mol. The molecule has 1 amide bonds. The summed E-state index contributed by atoms with van der Waals surface area (Å²) in [6.45, 7) is -1.17. The quantitative estimate of drug-likeness (QED) is 0.682. The number of halogens is 2. The van der Waals surface area contributed by atoms with Crippen molar-refractivity contribution in [2.75, 3.05) is 0 Å². The number of aromatic nitrogens is 1. The molecule has 0 spiro atoms. The minimum atomic E-state index is -2.86. The van der Waals surface area contributed by atoms with E-state index in [2.05, 4.69) is 20.2 Å². The number of carbonyl (C=O) groups is 1. The fourth-order valence-corrected chi connectivity index (χ4v) is 1.64. The Hall–Kier alpha value is -2.83. The van der Waals surface area contributed by atoms with Crippen molar-refractivity contribution in [1.29, 1.82) is 0 Å². The van der Waals surface area contributed by atoms with Crippen LogP contribution in [0, 0.1) is 0 Å². The summed E-state index contributed by atoms with van der Waals surface area (Å²) in [5, 5.41) is 3.96. The predicted octanol–water partition coefficient (Wildman–Crippen LogP) is 2.84. The number of benzene rings is 1. The van der Waals surface area contributed by atoms with Crippen LogP contribution in [0.25, 0.3) is 0 Å². The van der Waals surface area contributed by atoms with Crippen LogP contribution in [-0.4, -0.2) is 23.2 Å². The van der Waals surface area contributed by atoms with E-state index >= 15 is 0 Å². The third-order valence-electron chi connectivity index (χ3n) is 2.75. The van der Waals surface area contributed by atoms with Gasteiger partial charge in [0.1, 0.15) is 5.75 Å². The van der Waals surface area contributed by atoms with Gasteiger partial charge in [-0.2, -0.15) is 13.9 Å². The van der Waals surface area contributed by atoms with Crippen molar-refractivity contribution in [2.45, 2.75) is 13.5 Å². The number of hydrazone groups is 1. The Morgan fingerprint density at radius 2 is 1.95 bits per heavy atom. The SMILES string of the molecule is C/C(=N\NC(=O)c1cccnc1)c1ccc(OC(F)F)cc1. The molecular weight excluding hydrogens is 292 g/mol. The molecule has 0 radical (unpaired) electrons. The van der Waals surface area contributed by atoms with Crippen molar-refractivity contribution in [3.8, 4) is 5.75 Å². The number of ether oxygens (including phenoxy) is 1. The summed E-state index contributed by atoms with van der Waals surface area (Å²) in [6, 6.07) is 9.23. The molecule has 0 bridgehead atoms. The van der Waals surface area contributed by atoms with Gasteiger partial charge in [0.05, 0.1) is 11.3 Å². The first kappa shape index (κ1) is 15.6. The Morgan fingerprint density at radius 3 is 2.55 bits per heavy atom. The molecule has 22 heavy (non-hydrogen) atoms. The molecule has 114 valence electrons. The van der Waals surface area contributed by atoms with Gasteiger partial charge in [0, 0.05) is 12.4 Å². The normalized spacial score (nSPS) is 11.4. The summed E-state index contributed by atoms with van der Waals surface area (Å²) >= 11 is 0. The zero-order valence-corrected chi connectivity index (χ0v) is 11.7. The zero-order chi connectivity index (χ0) is 15.9. The molecule has 1 N–H and O–H groups in total. The summed E-state index contributed by atoms with van der Waals surface area (Å²) < 4.78 is 28.4. The van der Waals surface area contributed by atoms with Crippen molar-refractivity contribution in [2.24, 2.45) is 5.10 Å². The van der Waals surface area contributed by atoms with E-state index < -0.39 is 6.61 Å². The first-order valence-electron chi connectivity index (χ1n) is 6.36. The summed E-state index contributed by atoms with van der Waals surface area (Å²) in [5.74, 6) is -0.323. The average Bonchev–Trinajstić information content (AvgIpc) is 2.53. The van der Waals surface area contributed by atoms with Crippen molar-refractivity contribution in [1.82, 2.24) is 10.4 Å². The fourth-order valence-electron chi connectivity index (χ4n) is 1.64. The van der Waals surface area contributed by atoms with Crippen LogP contribution in [0.1, 0.15) is 22.8 Å². The molecule has 0 aliphatic heterocycles. The Bertz CT molecular complexity index is 658. The monoisotopic (exact) mass is 305 g/mol. The van der Waals surface area contributed by atoms with Crippen LogP contribution in [0.15, 0.2) is 53.9 Å². The van der Waals surface area contributed by atoms with Gasteiger partial charge in [0.15, 0.2) is 0 Å². The summed E-state index contributed by atoms with van der Waals surface area (Å²) in [5.41, 5.74) is 3.99. The average molecular weight is 305 g/mol. The maximum Gasteiger partial charge on any atom is 0.387 e. The van der Waals surface area contributed by atoms with Crippen LogP contribution in [0.3, 0.4) is 0 Å². The van der Waals surface area contributed by atoms with Gasteiger partial charge in [-0.05, 0) is 48.9 Å². The van der Waals surface area contributed by atoms with E-state index in [9.17, 15) is 13.6 Å². The highest BCUT2D eigenvalue weighted by atomic mass is 19.3. The third-order valence-corrected chi connectivity index (χ3v) is 2.75. The lowest BCUT2D eigenvalue weighted by Gasteiger charge is -2.06. The van der Waals surface area contributed by atoms with E-state index in [1.54, 1.807) is 37.4 Å². The molecule has 0 unspecified atom stereocenters. The van der Waals surface area contributed by atoms with Gasteiger partial charge >= 0.3 is 6.61 Å². The molecule has 0 fully saturated rings. The smallest absolute Gasteiger partial charge is 0.387 e. The van der Waals surface area contributed by atoms with E-state index in [1.165, 1.54) is 18.3 Å². The third kappa shape index (κ3) is 4.34. The van der Waals surface area contributed by atoms with Crippen molar-refractivity contribution < 1.29 is 18.3 Å². The second-order valence-electron chi connectivity index (χ2n) is 4.28. The number of alkyl halides is 2. The van der Waals surface area contributed by atoms with E-state index in [0.717, 1.165) is 0 Å². The first-order chi connectivity index (χ1) is 10.6. The van der Waals surface area contributed by atoms with E-state index in [-0.39, 0.29) is 11.7 Å². The number of rotatable bonds is 5. The van der Waals surface area contributed by atoms with Gasteiger partial charge in [-0.3, -0.25) is 9.78 Å². The number of hydrogen-bond acceptors (Lipinski definition) is 4. The molecule has 5 nitrogen and oxygen atoms in total. The number of nitrogens with zero attached hydrogens (tertiary/aromatic N) is 2. The van der Waals surface area contributed by atoms with Crippen molar-refractivity contribution >= 4 is 11.6 Å². The minimum Gasteiger partial charge on any atom is -0.435 e. The van der Waals surface area contributed by atoms with Crippen LogP contribution in [0.4, 0.5) is 8.78 Å². The molecule has 2 aromatic rings. The summed E-state index contributed by atoms with van der Waals surface area (Å²) in [6.07, 6.45) is 2.99. The number of hydrogen-bond donors (Lipinski definition) is 1. The Balaban J connectivity index is 2.01. The Morgan fingerprint density at radius 1 is 1.23 bits per heavy atom. The van der Waals surface area contributed by atoms with E-state index in [0.29, 0.717) is 16.8 Å². The number of amides is 1. The lowest BCUT2D eigenvalue weighted by atomic mass is 10.1. The molecule has 0 saturated heterocycles. The van der Waals surface area contributed by atoms with Gasteiger partial charge in [-0.15, -0.1) is 0 Å². The van der Waals surface area contributed by atoms with Gasteiger partial charge in [0.25, 0.3) is 5.91 Å². The Kier molecular flexibility index (Phi) is 5.13. The molecule has 1 aromatic heterocycles. The highest BCUT2D eigenvalue weighted by Crippen LogP contribution is 2.15. The van der Waals surface area contributed by atoms with Crippen LogP contribution in [0.2, 0.25) is 0 Å². The molecule has 0 aliphatic carbocycles. The van der Waals surface area contributed by atoms with Crippen molar-refractivity contribution in [3.05, 3.63) is 59.9 Å². The topological polar surface area (TPSA) is 63.6 Å². The van der Waals surface area contributed by atoms with E-state index in [1.807, 2.05) is 0 Å². The number of carbonyl (C=O) groups excluding carboxylic acids is 1. The minimum absolute atomic E-state index is 0.0611. The fraction of sp³-hybridized carbons (Fsp3) is 0.133. The molecule has 2 rings (SSSR count). The van der Waals surface area contributed by atoms with Gasteiger partial charge < -0.3 is 4.74 Å². The first-order valence-corrected chi connectivity index (χ1v) is 6.36. The highest BCUT2D eigenvalue weighted by molar-refractivity contribution is 6.00. The second-order valence-corrected chi connectivity index (χ2v) is 4.28. The zero-order valence-electron chi connectivity index (χ0n) is 11.7. The van der Waals surface area contributed by atoms with Gasteiger partial charge in [-0.1, -0.05) is 0 Å². The van der Waals surface area contributed by atoms with Crippen LogP contribution in [0.5, 0.6) is 5.75 Å². The summed E-state index contributed by atoms with van der Waals surface area (Å²) in [7, 11) is 0. The molecule has 0 saturated carbocycles. The number of nitrogens with one attached hydrogen (secondary N) is 1. The lowest BCUT2D eigenvalue weighted by Crippen LogP contribution is -2.19. The lowest BCUT2D eigenvalue weighted by molar-refractivity contribution is -0.0498. The molecule has 0 aliphatic rings. The second kappa shape index (κ2) is 7.26. The molecule has 7 heteroatoms. The van der Waals surface area contributed by atoms with Crippen LogP contribution in [-0.2, 0) is 0 Å². The Labute approximate surface area is 125 Å². The number of pyridine rings is 1. The molecule has 1 aromatic carbocycles. The summed E-state index contributed by atoms with van der Waals surface area (Å²) in [4.78, 5) is 15.6. The largest absolute Gasteiger partial charge is 0.435 e. The molecule has 1 heterocycles. The maximum absolute atomic E-state index is 12.1. The highest BCUT2D eigenvalue weighted by Gasteiger charge is 2.06. The van der Waals surface area contributed by atoms with Crippen LogP contribution < -0.4 is 10.2 Å². The van der Waals surface area contributed by atoms with Gasteiger partial charge in [0.2, 0.25) is 0 Å². The molecule has 0 atom stereocenters. The standard InChI is InChI=1S/C15H13F2N3O2/c1-10(11-4-6-13(7-5-11)22-15(16)17)19-20-14(21)12-3-2-8-18-9-12/h2-9,15H,1H3,(H,20,21)/b19-10+. The van der Waals surface area contributed by atoms with Crippen LogP contribution >= 0.6 is 0 Å². The maximum atomic E-state index is 12.1. The van der Waals surface area contributed by atoms with Crippen molar-refractivity contribution in [3.63, 3.8) is 0 Å².